The van der Waals surface area contributed by atoms with Gasteiger partial charge in [0, 0.05) is 34.6 Å². The Balaban J connectivity index is 1.27. The van der Waals surface area contributed by atoms with Gasteiger partial charge in [-0.1, -0.05) is 31.7 Å². The van der Waals surface area contributed by atoms with Crippen molar-refractivity contribution in [2.45, 2.75) is 68.8 Å². The van der Waals surface area contributed by atoms with Crippen LogP contribution in [0, 0.1) is 73.9 Å². The highest BCUT2D eigenvalue weighted by Gasteiger charge is 2.60. The molecule has 2 saturated carbocycles. The SMILES string of the molecule is N#Cc1ccc(Oc2ccc3c(c2)OC2(c4ccc(Oc5ccc(C#N)c(C#N)c5)cc4Oc4ccc(C#N)c(C#N)c4)CCCCC2C32CCCCC2)cc1C#N. The topological polar surface area (TPSA) is 180 Å². The second-order valence-electron chi connectivity index (χ2n) is 14.9. The molecule has 2 atom stereocenters. The van der Waals surface area contributed by atoms with Gasteiger partial charge < -0.3 is 18.9 Å². The van der Waals surface area contributed by atoms with E-state index in [0.29, 0.717) is 46.7 Å². The molecular weight excluding hydrogens is 725 g/mol. The Bertz CT molecular complexity index is 2730. The summed E-state index contributed by atoms with van der Waals surface area (Å²) in [6.45, 7) is 0. The van der Waals surface area contributed by atoms with Crippen molar-refractivity contribution in [1.29, 1.82) is 31.6 Å². The fourth-order valence-electron chi connectivity index (χ4n) is 9.34. The summed E-state index contributed by atoms with van der Waals surface area (Å²) >= 11 is 0. The van der Waals surface area contributed by atoms with Gasteiger partial charge in [-0.15, -0.1) is 0 Å². The molecule has 8 rings (SSSR count). The Kier molecular flexibility index (Phi) is 9.88. The van der Waals surface area contributed by atoms with Crippen molar-refractivity contribution in [1.82, 2.24) is 0 Å². The van der Waals surface area contributed by atoms with Crippen molar-refractivity contribution >= 4 is 0 Å². The van der Waals surface area contributed by atoms with Gasteiger partial charge in [-0.05, 0) is 105 Å². The van der Waals surface area contributed by atoms with E-state index in [-0.39, 0.29) is 44.7 Å². The first-order chi connectivity index (χ1) is 28.4. The number of benzene rings is 5. The van der Waals surface area contributed by atoms with Crippen molar-refractivity contribution in [3.05, 3.63) is 136 Å². The zero-order chi connectivity index (χ0) is 40.3. The van der Waals surface area contributed by atoms with Crippen molar-refractivity contribution < 1.29 is 18.9 Å². The molecule has 0 amide bonds. The number of ether oxygens (including phenoxy) is 4. The summed E-state index contributed by atoms with van der Waals surface area (Å²) in [4.78, 5) is 0. The van der Waals surface area contributed by atoms with Crippen LogP contribution < -0.4 is 18.9 Å². The summed E-state index contributed by atoms with van der Waals surface area (Å²) < 4.78 is 26.7. The standard InChI is InChI=1S/C48H34N6O4/c49-25-31-7-10-37(20-34(31)28-52)55-40-14-16-43(44(23-40)57-39-12-9-33(27-51)36(22-39)30-54)48-19-5-2-6-46(48)47(17-3-1-4-18-47)42-15-13-41(24-45(42)58-48)56-38-11-8-32(26-50)35(21-38)29-53/h7-16,20-24,46H,1-6,17-19H2. The third kappa shape index (κ3) is 6.55. The molecule has 10 nitrogen and oxygen atoms in total. The molecule has 5 aromatic rings. The minimum Gasteiger partial charge on any atom is -0.482 e. The smallest absolute Gasteiger partial charge is 0.141 e. The van der Waals surface area contributed by atoms with Crippen LogP contribution in [0.5, 0.6) is 40.2 Å². The van der Waals surface area contributed by atoms with Gasteiger partial charge in [-0.3, -0.25) is 0 Å². The van der Waals surface area contributed by atoms with E-state index in [1.54, 1.807) is 54.6 Å². The molecule has 1 spiro atoms. The summed E-state index contributed by atoms with van der Waals surface area (Å²) in [5.74, 6) is 3.37. The first kappa shape index (κ1) is 37.2. The lowest BCUT2D eigenvalue weighted by Crippen LogP contribution is -2.57. The Morgan fingerprint density at radius 1 is 0.448 bits per heavy atom. The van der Waals surface area contributed by atoms with Crippen molar-refractivity contribution in [2.24, 2.45) is 5.92 Å². The molecule has 2 aliphatic carbocycles. The lowest BCUT2D eigenvalue weighted by atomic mass is 9.51. The highest BCUT2D eigenvalue weighted by atomic mass is 16.5. The van der Waals surface area contributed by atoms with Gasteiger partial charge in [0.15, 0.2) is 0 Å². The molecule has 10 heteroatoms. The van der Waals surface area contributed by atoms with Crippen molar-refractivity contribution in [2.75, 3.05) is 0 Å². The van der Waals surface area contributed by atoms with Crippen LogP contribution in [0.1, 0.15) is 102 Å². The number of fused-ring (bicyclic) bond motifs is 4. The van der Waals surface area contributed by atoms with E-state index >= 15 is 0 Å². The van der Waals surface area contributed by atoms with Crippen molar-refractivity contribution in [3.63, 3.8) is 0 Å². The summed E-state index contributed by atoms with van der Waals surface area (Å²) in [6.07, 6.45) is 8.92. The summed E-state index contributed by atoms with van der Waals surface area (Å²) in [6, 6.07) is 38.3. The van der Waals surface area contributed by atoms with Gasteiger partial charge >= 0.3 is 0 Å². The molecule has 0 saturated heterocycles. The summed E-state index contributed by atoms with van der Waals surface area (Å²) in [5, 5.41) is 57.7. The summed E-state index contributed by atoms with van der Waals surface area (Å²) in [7, 11) is 0. The average molecular weight is 759 g/mol. The van der Waals surface area contributed by atoms with E-state index in [0.717, 1.165) is 62.5 Å². The number of rotatable bonds is 7. The van der Waals surface area contributed by atoms with Gasteiger partial charge in [-0.25, -0.2) is 0 Å². The van der Waals surface area contributed by atoms with Gasteiger partial charge in [0.25, 0.3) is 0 Å². The predicted octanol–water partition coefficient (Wildman–Crippen LogP) is 11.0. The molecule has 3 aliphatic rings. The van der Waals surface area contributed by atoms with Gasteiger partial charge in [0.2, 0.25) is 0 Å². The molecule has 0 N–H and O–H groups in total. The molecule has 5 aromatic carbocycles. The molecule has 280 valence electrons. The maximum atomic E-state index is 9.86. The maximum Gasteiger partial charge on any atom is 0.141 e. The molecule has 1 aliphatic heterocycles. The Morgan fingerprint density at radius 2 is 0.897 bits per heavy atom. The maximum absolute atomic E-state index is 9.86. The number of hydrogen-bond donors (Lipinski definition) is 0. The van der Waals surface area contributed by atoms with E-state index in [1.165, 1.54) is 6.07 Å². The fraction of sp³-hybridized carbons (Fsp3) is 0.250. The average Bonchev–Trinajstić information content (AvgIpc) is 3.26. The summed E-state index contributed by atoms with van der Waals surface area (Å²) in [5.41, 5.74) is 2.30. The van der Waals surface area contributed by atoms with E-state index < -0.39 is 5.60 Å². The fourth-order valence-corrected chi connectivity index (χ4v) is 9.34. The Morgan fingerprint density at radius 3 is 1.43 bits per heavy atom. The second kappa shape index (κ2) is 15.4. The zero-order valence-electron chi connectivity index (χ0n) is 31.4. The van der Waals surface area contributed by atoms with E-state index in [1.807, 2.05) is 36.4 Å². The lowest BCUT2D eigenvalue weighted by molar-refractivity contribution is -0.0958. The largest absolute Gasteiger partial charge is 0.482 e. The molecule has 0 bridgehead atoms. The minimum atomic E-state index is -0.843. The molecule has 1 heterocycles. The molecular formula is C48H34N6O4. The highest BCUT2D eigenvalue weighted by molar-refractivity contribution is 5.57. The van der Waals surface area contributed by atoms with Crippen LogP contribution in [-0.2, 0) is 11.0 Å². The molecule has 2 fully saturated rings. The normalized spacial score (nSPS) is 18.5. The first-order valence-electron chi connectivity index (χ1n) is 19.2. The number of hydrogen-bond acceptors (Lipinski definition) is 10. The van der Waals surface area contributed by atoms with Crippen LogP contribution in [0.4, 0.5) is 0 Å². The Hall–Kier alpha value is -7.76. The van der Waals surface area contributed by atoms with E-state index in [4.69, 9.17) is 18.9 Å². The van der Waals surface area contributed by atoms with Crippen LogP contribution in [0.3, 0.4) is 0 Å². The minimum absolute atomic E-state index is 0.0893. The molecule has 2 unspecified atom stereocenters. The zero-order valence-corrected chi connectivity index (χ0v) is 31.4. The third-order valence-electron chi connectivity index (χ3n) is 11.9. The van der Waals surface area contributed by atoms with Crippen LogP contribution in [-0.4, -0.2) is 0 Å². The molecule has 58 heavy (non-hydrogen) atoms. The van der Waals surface area contributed by atoms with Gasteiger partial charge in [0.1, 0.15) is 82.3 Å². The predicted molar refractivity (Wildman–Crippen MR) is 210 cm³/mol. The second-order valence-corrected chi connectivity index (χ2v) is 14.9. The lowest BCUT2D eigenvalue weighted by Gasteiger charge is -2.58. The first-order valence-corrected chi connectivity index (χ1v) is 19.2. The number of nitriles is 6. The molecule has 0 radical (unpaired) electrons. The van der Waals surface area contributed by atoms with Crippen LogP contribution in [0.15, 0.2) is 91.0 Å². The van der Waals surface area contributed by atoms with Gasteiger partial charge in [-0.2, -0.15) is 31.6 Å². The van der Waals surface area contributed by atoms with Crippen LogP contribution >= 0.6 is 0 Å². The van der Waals surface area contributed by atoms with Crippen LogP contribution in [0.25, 0.3) is 0 Å². The van der Waals surface area contributed by atoms with Gasteiger partial charge in [0.05, 0.1) is 33.4 Å². The van der Waals surface area contributed by atoms with E-state index in [2.05, 4.69) is 30.3 Å². The molecule has 0 aromatic heterocycles. The third-order valence-corrected chi connectivity index (χ3v) is 11.9. The Labute approximate surface area is 336 Å². The number of nitrogens with zero attached hydrogens (tertiary/aromatic N) is 6. The van der Waals surface area contributed by atoms with E-state index in [9.17, 15) is 31.6 Å². The monoisotopic (exact) mass is 758 g/mol. The van der Waals surface area contributed by atoms with Crippen LogP contribution in [0.2, 0.25) is 0 Å². The highest BCUT2D eigenvalue weighted by Crippen LogP contribution is 2.64. The van der Waals surface area contributed by atoms with Crippen molar-refractivity contribution in [3.8, 4) is 76.7 Å². The quantitative estimate of drug-likeness (QED) is 0.155.